The standard InChI is InChI=1S/C16H18N4O6S/c1-2-19(12-5-6-27(25,26)9-12)15(21)8-18-10-17-14-7-11(20(23)24)3-4-13(14)16(18)22/h3-4,7,10,12H,2,5-6,8-9H2,1H3/t12-/m1/s1. The highest BCUT2D eigenvalue weighted by atomic mass is 32.2. The van der Waals surface area contributed by atoms with Crippen molar-refractivity contribution in [3.63, 3.8) is 0 Å². The van der Waals surface area contributed by atoms with Crippen LogP contribution in [-0.2, 0) is 21.2 Å². The van der Waals surface area contributed by atoms with E-state index in [1.54, 1.807) is 6.92 Å². The fraction of sp³-hybridized carbons (Fsp3) is 0.438. The van der Waals surface area contributed by atoms with Crippen molar-refractivity contribution in [1.82, 2.24) is 14.5 Å². The Balaban J connectivity index is 1.86. The van der Waals surface area contributed by atoms with Crippen molar-refractivity contribution < 1.29 is 18.1 Å². The van der Waals surface area contributed by atoms with Crippen LogP contribution < -0.4 is 5.56 Å². The molecule has 10 nitrogen and oxygen atoms in total. The predicted octanol–water partition coefficient (Wildman–Crippen LogP) is 0.340. The van der Waals surface area contributed by atoms with Gasteiger partial charge in [0.15, 0.2) is 9.84 Å². The third kappa shape index (κ3) is 3.82. The summed E-state index contributed by atoms with van der Waals surface area (Å²) < 4.78 is 24.5. The largest absolute Gasteiger partial charge is 0.337 e. The summed E-state index contributed by atoms with van der Waals surface area (Å²) in [7, 11) is -3.13. The number of hydrogen-bond acceptors (Lipinski definition) is 7. The number of fused-ring (bicyclic) bond motifs is 1. The maximum atomic E-state index is 12.6. The number of likely N-dealkylation sites (N-methyl/N-ethyl adjacent to an activating group) is 1. The summed E-state index contributed by atoms with van der Waals surface area (Å²) in [6.45, 7) is 1.81. The van der Waals surface area contributed by atoms with Crippen molar-refractivity contribution in [2.45, 2.75) is 25.9 Å². The maximum Gasteiger partial charge on any atom is 0.271 e. The zero-order chi connectivity index (χ0) is 19.8. The molecule has 1 aromatic heterocycles. The molecular weight excluding hydrogens is 376 g/mol. The van der Waals surface area contributed by atoms with Gasteiger partial charge in [0.05, 0.1) is 33.7 Å². The van der Waals surface area contributed by atoms with Gasteiger partial charge in [-0.15, -0.1) is 0 Å². The number of amides is 1. The molecule has 0 aliphatic carbocycles. The van der Waals surface area contributed by atoms with E-state index in [0.717, 1.165) is 4.57 Å². The zero-order valence-electron chi connectivity index (χ0n) is 14.6. The van der Waals surface area contributed by atoms with E-state index in [9.17, 15) is 28.1 Å². The van der Waals surface area contributed by atoms with E-state index in [1.807, 2.05) is 0 Å². The molecule has 11 heteroatoms. The molecular formula is C16H18N4O6S. The molecule has 0 radical (unpaired) electrons. The fourth-order valence-corrected chi connectivity index (χ4v) is 5.00. The van der Waals surface area contributed by atoms with E-state index in [-0.39, 0.29) is 46.6 Å². The van der Waals surface area contributed by atoms with Gasteiger partial charge in [-0.05, 0) is 19.4 Å². The first kappa shape index (κ1) is 19.0. The second-order valence-electron chi connectivity index (χ2n) is 6.37. The molecule has 1 aromatic carbocycles. The molecule has 0 unspecified atom stereocenters. The summed E-state index contributed by atoms with van der Waals surface area (Å²) in [5, 5.41) is 11.0. The minimum Gasteiger partial charge on any atom is -0.337 e. The van der Waals surface area contributed by atoms with Crippen molar-refractivity contribution >= 4 is 32.3 Å². The van der Waals surface area contributed by atoms with Crippen LogP contribution >= 0.6 is 0 Å². The number of aromatic nitrogens is 2. The van der Waals surface area contributed by atoms with Gasteiger partial charge in [0, 0.05) is 24.7 Å². The SMILES string of the molecule is CCN(C(=O)Cn1cnc2cc([N+](=O)[O-])ccc2c1=O)[C@@H]1CCS(=O)(=O)C1. The number of rotatable bonds is 5. The Kier molecular flexibility index (Phi) is 4.96. The molecule has 1 amide bonds. The lowest BCUT2D eigenvalue weighted by molar-refractivity contribution is -0.384. The average Bonchev–Trinajstić information content (AvgIpc) is 2.97. The Morgan fingerprint density at radius 1 is 1.44 bits per heavy atom. The van der Waals surface area contributed by atoms with E-state index in [2.05, 4.69) is 4.98 Å². The van der Waals surface area contributed by atoms with Crippen LogP contribution in [0.2, 0.25) is 0 Å². The number of sulfone groups is 1. The van der Waals surface area contributed by atoms with Crippen LogP contribution in [0.1, 0.15) is 13.3 Å². The first-order valence-corrected chi connectivity index (χ1v) is 10.2. The number of nitro benzene ring substituents is 1. The first-order valence-electron chi connectivity index (χ1n) is 8.35. The maximum absolute atomic E-state index is 12.6. The number of carbonyl (C=O) groups excluding carboxylic acids is 1. The summed E-state index contributed by atoms with van der Waals surface area (Å²) in [4.78, 5) is 40.9. The van der Waals surface area contributed by atoms with Gasteiger partial charge in [-0.1, -0.05) is 0 Å². The molecule has 3 rings (SSSR count). The Bertz CT molecular complexity index is 1080. The Morgan fingerprint density at radius 2 is 2.19 bits per heavy atom. The number of nitro groups is 1. The molecule has 0 spiro atoms. The number of hydrogen-bond donors (Lipinski definition) is 0. The predicted molar refractivity (Wildman–Crippen MR) is 97.1 cm³/mol. The Hall–Kier alpha value is -2.82. The topological polar surface area (TPSA) is 132 Å². The molecule has 2 aromatic rings. The van der Waals surface area contributed by atoms with Gasteiger partial charge < -0.3 is 4.90 Å². The summed E-state index contributed by atoms with van der Waals surface area (Å²) in [6, 6.07) is 3.33. The van der Waals surface area contributed by atoms with Crippen molar-refractivity contribution in [2.24, 2.45) is 0 Å². The number of benzene rings is 1. The van der Waals surface area contributed by atoms with E-state index in [1.165, 1.54) is 29.4 Å². The van der Waals surface area contributed by atoms with Gasteiger partial charge >= 0.3 is 0 Å². The third-order valence-electron chi connectivity index (χ3n) is 4.64. The van der Waals surface area contributed by atoms with Crippen molar-refractivity contribution in [2.75, 3.05) is 18.1 Å². The normalized spacial score (nSPS) is 18.5. The summed E-state index contributed by atoms with van der Waals surface area (Å²) in [6.07, 6.45) is 1.56. The molecule has 144 valence electrons. The molecule has 1 aliphatic heterocycles. The molecule has 2 heterocycles. The number of carbonyl (C=O) groups is 1. The van der Waals surface area contributed by atoms with Crippen molar-refractivity contribution in [3.8, 4) is 0 Å². The summed E-state index contributed by atoms with van der Waals surface area (Å²) >= 11 is 0. The summed E-state index contributed by atoms with van der Waals surface area (Å²) in [5.74, 6) is -0.386. The van der Waals surface area contributed by atoms with E-state index in [4.69, 9.17) is 0 Å². The van der Waals surface area contributed by atoms with Gasteiger partial charge in [0.25, 0.3) is 11.2 Å². The molecule has 0 saturated carbocycles. The molecule has 1 saturated heterocycles. The first-order chi connectivity index (χ1) is 12.7. The molecule has 0 N–H and O–H groups in total. The molecule has 1 fully saturated rings. The van der Waals surface area contributed by atoms with Crippen LogP contribution in [-0.4, -0.2) is 57.8 Å². The number of nitrogens with zero attached hydrogens (tertiary/aromatic N) is 4. The number of non-ortho nitro benzene ring substituents is 1. The van der Waals surface area contributed by atoms with Crippen molar-refractivity contribution in [3.05, 3.63) is 45.0 Å². The third-order valence-corrected chi connectivity index (χ3v) is 6.39. The molecule has 0 bridgehead atoms. The Labute approximate surface area is 154 Å². The van der Waals surface area contributed by atoms with Crippen molar-refractivity contribution in [1.29, 1.82) is 0 Å². The minimum atomic E-state index is -3.13. The minimum absolute atomic E-state index is 0.0533. The van der Waals surface area contributed by atoms with Crippen LogP contribution in [0.5, 0.6) is 0 Å². The smallest absolute Gasteiger partial charge is 0.271 e. The highest BCUT2D eigenvalue weighted by molar-refractivity contribution is 7.91. The lowest BCUT2D eigenvalue weighted by Crippen LogP contribution is -2.43. The van der Waals surface area contributed by atoms with Crippen LogP contribution in [0.3, 0.4) is 0 Å². The second-order valence-corrected chi connectivity index (χ2v) is 8.60. The Morgan fingerprint density at radius 3 is 2.78 bits per heavy atom. The van der Waals surface area contributed by atoms with Gasteiger partial charge in [-0.25, -0.2) is 13.4 Å². The average molecular weight is 394 g/mol. The van der Waals surface area contributed by atoms with Crippen LogP contribution in [0.25, 0.3) is 10.9 Å². The van der Waals surface area contributed by atoms with Gasteiger partial charge in [0.1, 0.15) is 6.54 Å². The fourth-order valence-electron chi connectivity index (χ4n) is 3.27. The van der Waals surface area contributed by atoms with E-state index >= 15 is 0 Å². The van der Waals surface area contributed by atoms with Gasteiger partial charge in [-0.3, -0.25) is 24.3 Å². The van der Waals surface area contributed by atoms with Gasteiger partial charge in [-0.2, -0.15) is 0 Å². The highest BCUT2D eigenvalue weighted by Crippen LogP contribution is 2.19. The quantitative estimate of drug-likeness (QED) is 0.527. The van der Waals surface area contributed by atoms with E-state index in [0.29, 0.717) is 13.0 Å². The van der Waals surface area contributed by atoms with Crippen LogP contribution in [0.15, 0.2) is 29.3 Å². The molecule has 1 atom stereocenters. The lowest BCUT2D eigenvalue weighted by Gasteiger charge is -2.27. The van der Waals surface area contributed by atoms with E-state index < -0.39 is 20.3 Å². The monoisotopic (exact) mass is 394 g/mol. The summed E-state index contributed by atoms with van der Waals surface area (Å²) in [5.41, 5.74) is -0.492. The lowest BCUT2D eigenvalue weighted by atomic mass is 10.2. The van der Waals surface area contributed by atoms with Gasteiger partial charge in [0.2, 0.25) is 5.91 Å². The van der Waals surface area contributed by atoms with Crippen LogP contribution in [0, 0.1) is 10.1 Å². The second kappa shape index (κ2) is 7.06. The molecule has 27 heavy (non-hydrogen) atoms. The highest BCUT2D eigenvalue weighted by Gasteiger charge is 2.33. The zero-order valence-corrected chi connectivity index (χ0v) is 15.4. The molecule has 1 aliphatic rings. The van der Waals surface area contributed by atoms with Crippen LogP contribution in [0.4, 0.5) is 5.69 Å².